The van der Waals surface area contributed by atoms with Crippen LogP contribution in [-0.4, -0.2) is 19.4 Å². The Morgan fingerprint density at radius 1 is 1.08 bits per heavy atom. The topological polar surface area (TPSA) is 51.5 Å². The fraction of sp³-hybridized carbons (Fsp3) is 0.150. The largest absolute Gasteiger partial charge is 0.497 e. The molecule has 0 aliphatic rings. The molecule has 3 rings (SSSR count). The second-order valence-electron chi connectivity index (χ2n) is 5.31. The highest BCUT2D eigenvalue weighted by Crippen LogP contribution is 2.31. The van der Waals surface area contributed by atoms with Crippen molar-refractivity contribution in [2.24, 2.45) is 0 Å². The highest BCUT2D eigenvalue weighted by atomic mass is 16.5. The molecular weight excluding hydrogens is 302 g/mol. The average Bonchev–Trinajstić information content (AvgIpc) is 3.06. The Hall–Kier alpha value is -3.01. The minimum absolute atomic E-state index is 0.0838. The third-order valence-corrected chi connectivity index (χ3v) is 3.72. The van der Waals surface area contributed by atoms with Crippen molar-refractivity contribution in [2.45, 2.75) is 6.92 Å². The summed E-state index contributed by atoms with van der Waals surface area (Å²) >= 11 is 0. The van der Waals surface area contributed by atoms with Crippen LogP contribution in [0.15, 0.2) is 65.1 Å². The summed E-state index contributed by atoms with van der Waals surface area (Å²) in [6.45, 7) is 2.64. The first kappa shape index (κ1) is 15.9. The number of carbonyl (C=O) groups is 1. The lowest BCUT2D eigenvalue weighted by Crippen LogP contribution is -2.05. The van der Waals surface area contributed by atoms with Crippen molar-refractivity contribution in [3.05, 3.63) is 71.8 Å². The molecule has 0 spiro atoms. The summed E-state index contributed by atoms with van der Waals surface area (Å²) in [6.07, 6.45) is 0. The molecule has 4 nitrogen and oxygen atoms in total. The van der Waals surface area contributed by atoms with Gasteiger partial charge >= 0.3 is 0 Å². The molecule has 0 radical (unpaired) electrons. The molecular formula is C20H19NO3. The van der Waals surface area contributed by atoms with E-state index < -0.39 is 0 Å². The summed E-state index contributed by atoms with van der Waals surface area (Å²) in [5, 5.41) is 3.13. The van der Waals surface area contributed by atoms with Crippen LogP contribution in [0.25, 0.3) is 11.3 Å². The Morgan fingerprint density at radius 2 is 1.79 bits per heavy atom. The Balaban J connectivity index is 1.98. The standard InChI is InChI=1S/C20H19NO3/c1-3-21-20-17(13-18(24-20)14-7-5-4-6-8-14)19(22)15-9-11-16(23-2)12-10-15/h4-13,21H,3H2,1-2H3. The summed E-state index contributed by atoms with van der Waals surface area (Å²) in [5.74, 6) is 1.80. The first-order chi connectivity index (χ1) is 11.7. The normalized spacial score (nSPS) is 10.4. The molecule has 2 aromatic carbocycles. The number of benzene rings is 2. The van der Waals surface area contributed by atoms with Crippen molar-refractivity contribution < 1.29 is 13.9 Å². The summed E-state index contributed by atoms with van der Waals surface area (Å²) in [6, 6.07) is 18.6. The van der Waals surface area contributed by atoms with E-state index in [0.29, 0.717) is 29.3 Å². The van der Waals surface area contributed by atoms with Crippen LogP contribution in [-0.2, 0) is 0 Å². The van der Waals surface area contributed by atoms with E-state index in [1.165, 1.54) is 0 Å². The Morgan fingerprint density at radius 3 is 2.42 bits per heavy atom. The zero-order valence-corrected chi connectivity index (χ0v) is 13.7. The molecule has 1 heterocycles. The Kier molecular flexibility index (Phi) is 4.66. The van der Waals surface area contributed by atoms with Gasteiger partial charge in [0, 0.05) is 17.7 Å². The maximum absolute atomic E-state index is 12.8. The van der Waals surface area contributed by atoms with Crippen molar-refractivity contribution in [3.8, 4) is 17.1 Å². The van der Waals surface area contributed by atoms with Crippen LogP contribution in [0.1, 0.15) is 22.8 Å². The van der Waals surface area contributed by atoms with Crippen molar-refractivity contribution >= 4 is 11.7 Å². The van der Waals surface area contributed by atoms with Crippen molar-refractivity contribution in [1.29, 1.82) is 0 Å². The van der Waals surface area contributed by atoms with Gasteiger partial charge in [-0.25, -0.2) is 0 Å². The van der Waals surface area contributed by atoms with Gasteiger partial charge in [0.15, 0.2) is 5.78 Å². The van der Waals surface area contributed by atoms with E-state index in [1.54, 1.807) is 37.4 Å². The van der Waals surface area contributed by atoms with E-state index in [9.17, 15) is 4.79 Å². The number of carbonyl (C=O) groups excluding carboxylic acids is 1. The smallest absolute Gasteiger partial charge is 0.204 e. The fourth-order valence-electron chi connectivity index (χ4n) is 2.49. The van der Waals surface area contributed by atoms with E-state index in [2.05, 4.69) is 5.32 Å². The third kappa shape index (κ3) is 3.18. The molecule has 0 aliphatic carbocycles. The van der Waals surface area contributed by atoms with Crippen molar-refractivity contribution in [2.75, 3.05) is 19.0 Å². The molecule has 4 heteroatoms. The summed E-state index contributed by atoms with van der Waals surface area (Å²) in [5.41, 5.74) is 2.06. The third-order valence-electron chi connectivity index (χ3n) is 3.72. The fourth-order valence-corrected chi connectivity index (χ4v) is 2.49. The highest BCUT2D eigenvalue weighted by Gasteiger charge is 2.20. The molecule has 0 aliphatic heterocycles. The molecule has 0 saturated heterocycles. The van der Waals surface area contributed by atoms with Gasteiger partial charge in [0.2, 0.25) is 5.88 Å². The van der Waals surface area contributed by atoms with Gasteiger partial charge in [-0.05, 0) is 37.3 Å². The second-order valence-corrected chi connectivity index (χ2v) is 5.31. The molecule has 0 amide bonds. The minimum atomic E-state index is -0.0838. The Labute approximate surface area is 141 Å². The van der Waals surface area contributed by atoms with Gasteiger partial charge in [0.1, 0.15) is 11.5 Å². The predicted octanol–water partition coefficient (Wildman–Crippen LogP) is 4.62. The van der Waals surface area contributed by atoms with Crippen molar-refractivity contribution in [3.63, 3.8) is 0 Å². The van der Waals surface area contributed by atoms with Gasteiger partial charge < -0.3 is 14.5 Å². The SMILES string of the molecule is CCNc1oc(-c2ccccc2)cc1C(=O)c1ccc(OC)cc1. The van der Waals surface area contributed by atoms with E-state index in [-0.39, 0.29) is 5.78 Å². The van der Waals surface area contributed by atoms with Gasteiger partial charge in [0.05, 0.1) is 12.7 Å². The molecule has 0 fully saturated rings. The number of ketones is 1. The molecule has 3 aromatic rings. The quantitative estimate of drug-likeness (QED) is 0.673. The number of furan rings is 1. The lowest BCUT2D eigenvalue weighted by Gasteiger charge is -2.04. The number of nitrogens with one attached hydrogen (secondary N) is 1. The van der Waals surface area contributed by atoms with Crippen LogP contribution in [0.5, 0.6) is 5.75 Å². The van der Waals surface area contributed by atoms with Crippen LogP contribution in [0.2, 0.25) is 0 Å². The second kappa shape index (κ2) is 7.04. The number of methoxy groups -OCH3 is 1. The number of hydrogen-bond donors (Lipinski definition) is 1. The summed E-state index contributed by atoms with van der Waals surface area (Å²) < 4.78 is 11.0. The maximum Gasteiger partial charge on any atom is 0.204 e. The van der Waals surface area contributed by atoms with Gasteiger partial charge in [0.25, 0.3) is 0 Å². The zero-order valence-electron chi connectivity index (χ0n) is 13.7. The van der Waals surface area contributed by atoms with Crippen LogP contribution in [0, 0.1) is 0 Å². The first-order valence-electron chi connectivity index (χ1n) is 7.84. The van der Waals surface area contributed by atoms with Crippen molar-refractivity contribution in [1.82, 2.24) is 0 Å². The van der Waals surface area contributed by atoms with Gasteiger partial charge in [-0.2, -0.15) is 0 Å². The minimum Gasteiger partial charge on any atom is -0.497 e. The van der Waals surface area contributed by atoms with E-state index in [1.807, 2.05) is 37.3 Å². The molecule has 24 heavy (non-hydrogen) atoms. The lowest BCUT2D eigenvalue weighted by atomic mass is 10.0. The molecule has 122 valence electrons. The molecule has 0 saturated carbocycles. The summed E-state index contributed by atoms with van der Waals surface area (Å²) in [7, 11) is 1.60. The molecule has 1 N–H and O–H groups in total. The Bertz CT molecular complexity index is 820. The van der Waals surface area contributed by atoms with Gasteiger partial charge in [-0.1, -0.05) is 30.3 Å². The predicted molar refractivity (Wildman–Crippen MR) is 94.7 cm³/mol. The van der Waals surface area contributed by atoms with Gasteiger partial charge in [-0.15, -0.1) is 0 Å². The molecule has 0 atom stereocenters. The number of ether oxygens (including phenoxy) is 1. The van der Waals surface area contributed by atoms with Crippen LogP contribution < -0.4 is 10.1 Å². The monoisotopic (exact) mass is 321 g/mol. The van der Waals surface area contributed by atoms with Crippen LogP contribution in [0.3, 0.4) is 0 Å². The number of anilines is 1. The lowest BCUT2D eigenvalue weighted by molar-refractivity contribution is 0.103. The number of hydrogen-bond acceptors (Lipinski definition) is 4. The molecule has 1 aromatic heterocycles. The van der Waals surface area contributed by atoms with E-state index in [0.717, 1.165) is 11.3 Å². The first-order valence-corrected chi connectivity index (χ1v) is 7.84. The van der Waals surface area contributed by atoms with Crippen LogP contribution in [0.4, 0.5) is 5.88 Å². The molecule has 0 unspecified atom stereocenters. The maximum atomic E-state index is 12.8. The highest BCUT2D eigenvalue weighted by molar-refractivity contribution is 6.12. The molecule has 0 bridgehead atoms. The average molecular weight is 321 g/mol. The number of rotatable bonds is 6. The van der Waals surface area contributed by atoms with E-state index in [4.69, 9.17) is 9.15 Å². The summed E-state index contributed by atoms with van der Waals surface area (Å²) in [4.78, 5) is 12.8. The van der Waals surface area contributed by atoms with Crippen LogP contribution >= 0.6 is 0 Å². The zero-order chi connectivity index (χ0) is 16.9. The van der Waals surface area contributed by atoms with Gasteiger partial charge in [-0.3, -0.25) is 4.79 Å². The van der Waals surface area contributed by atoms with E-state index >= 15 is 0 Å².